The molecule has 0 aromatic carbocycles. The van der Waals surface area contributed by atoms with E-state index in [1.807, 2.05) is 0 Å². The van der Waals surface area contributed by atoms with Gasteiger partial charge in [0.25, 0.3) is 0 Å². The Balaban J connectivity index is 0. The Morgan fingerprint density at radius 2 is 1.95 bits per heavy atom. The summed E-state index contributed by atoms with van der Waals surface area (Å²) >= 11 is 0. The summed E-state index contributed by atoms with van der Waals surface area (Å²) in [5.41, 5.74) is 0.281. The number of hydrogen-bond donors (Lipinski definition) is 6. The Morgan fingerprint density at radius 1 is 1.37 bits per heavy atom. The number of hydrogen-bond acceptors (Lipinski definition) is 7. The van der Waals surface area contributed by atoms with Crippen molar-refractivity contribution >= 4 is 5.71 Å². The molecule has 0 saturated heterocycles. The number of imidazole rings is 1. The molecule has 0 aliphatic heterocycles. The molecule has 0 amide bonds. The first-order valence-electron chi connectivity index (χ1n) is 4.90. The average molecular weight is 281 g/mol. The molecule has 0 radical (unpaired) electrons. The van der Waals surface area contributed by atoms with E-state index >= 15 is 0 Å². The van der Waals surface area contributed by atoms with Crippen LogP contribution in [0.15, 0.2) is 11.4 Å². The van der Waals surface area contributed by atoms with Crippen LogP contribution >= 0.6 is 0 Å². The fourth-order valence-corrected chi connectivity index (χ4v) is 1.21. The maximum absolute atomic E-state index is 9.65. The second kappa shape index (κ2) is 8.53. The minimum atomic E-state index is -1.55. The number of nitrogens with one attached hydrogen (secondary N) is 1. The van der Waals surface area contributed by atoms with Gasteiger partial charge in [0, 0.05) is 6.20 Å². The van der Waals surface area contributed by atoms with Crippen molar-refractivity contribution in [3.63, 3.8) is 0 Å². The highest BCUT2D eigenvalue weighted by Gasteiger charge is 2.27. The molecule has 10 N–H and O–H groups in total. The fourth-order valence-electron chi connectivity index (χ4n) is 1.21. The molecule has 0 fully saturated rings. The van der Waals surface area contributed by atoms with Crippen LogP contribution in [0.25, 0.3) is 0 Å². The molecule has 10 nitrogen and oxygen atoms in total. The van der Waals surface area contributed by atoms with E-state index in [-0.39, 0.29) is 28.2 Å². The molecule has 0 saturated carbocycles. The summed E-state index contributed by atoms with van der Waals surface area (Å²) in [6.07, 6.45) is -3.16. The number of aromatic amines is 1. The molecular weight excluding hydrogens is 262 g/mol. The van der Waals surface area contributed by atoms with Gasteiger partial charge in [-0.15, -0.1) is 0 Å². The zero-order valence-corrected chi connectivity index (χ0v) is 10.1. The molecule has 0 aliphatic carbocycles. The first-order chi connectivity index (χ1) is 8.01. The Kier molecular flexibility index (Phi) is 8.87. The van der Waals surface area contributed by atoms with Crippen LogP contribution in [0.3, 0.4) is 0 Å². The van der Waals surface area contributed by atoms with Gasteiger partial charge in [-0.3, -0.25) is 0 Å². The second-order valence-electron chi connectivity index (χ2n) is 3.54. The molecule has 1 rings (SSSR count). The molecule has 10 heteroatoms. The monoisotopic (exact) mass is 281 g/mol. The predicted molar refractivity (Wildman–Crippen MR) is 63.9 cm³/mol. The number of nitrogens with zero attached hydrogens (tertiary/aromatic N) is 2. The third kappa shape index (κ3) is 4.55. The van der Waals surface area contributed by atoms with Crippen molar-refractivity contribution in [2.24, 2.45) is 5.16 Å². The number of aliphatic hydroxyl groups excluding tert-OH is 4. The van der Waals surface area contributed by atoms with Crippen LogP contribution in [-0.2, 0) is 0 Å². The zero-order valence-electron chi connectivity index (χ0n) is 10.1. The fraction of sp³-hybridized carbons (Fsp3) is 0.556. The van der Waals surface area contributed by atoms with Crippen LogP contribution in [0.4, 0.5) is 0 Å². The molecule has 0 aliphatic rings. The predicted octanol–water partition coefficient (Wildman–Crippen LogP) is -3.29. The van der Waals surface area contributed by atoms with Crippen LogP contribution in [-0.4, -0.2) is 71.1 Å². The van der Waals surface area contributed by atoms with Crippen molar-refractivity contribution in [3.8, 4) is 0 Å². The maximum Gasteiger partial charge on any atom is 0.155 e. The largest absolute Gasteiger partial charge is 0.412 e. The van der Waals surface area contributed by atoms with Crippen LogP contribution in [0, 0.1) is 0 Å². The van der Waals surface area contributed by atoms with Crippen molar-refractivity contribution in [1.82, 2.24) is 9.97 Å². The molecular formula is C9H19N3O7. The van der Waals surface area contributed by atoms with Crippen molar-refractivity contribution in [2.75, 3.05) is 6.61 Å². The Hall–Kier alpha value is -1.56. The number of rotatable bonds is 5. The van der Waals surface area contributed by atoms with E-state index in [2.05, 4.69) is 15.1 Å². The lowest BCUT2D eigenvalue weighted by Gasteiger charge is -2.19. The zero-order chi connectivity index (χ0) is 13.0. The van der Waals surface area contributed by atoms with Gasteiger partial charge in [-0.25, -0.2) is 4.98 Å². The first kappa shape index (κ1) is 19.8. The number of H-pyrrole nitrogens is 1. The Labute approximate surface area is 108 Å². The number of oxime groups is 1. The van der Waals surface area contributed by atoms with E-state index in [0.717, 1.165) is 0 Å². The minimum Gasteiger partial charge on any atom is -0.412 e. The topological polar surface area (TPSA) is 205 Å². The van der Waals surface area contributed by atoms with Crippen molar-refractivity contribution in [3.05, 3.63) is 17.7 Å². The van der Waals surface area contributed by atoms with Gasteiger partial charge in [0.05, 0.1) is 12.3 Å². The lowest BCUT2D eigenvalue weighted by molar-refractivity contribution is -0.0788. The highest BCUT2D eigenvalue weighted by molar-refractivity contribution is 5.94. The summed E-state index contributed by atoms with van der Waals surface area (Å²) in [7, 11) is 0. The molecule has 1 heterocycles. The molecule has 19 heavy (non-hydrogen) atoms. The summed E-state index contributed by atoms with van der Waals surface area (Å²) in [5.74, 6) is 0.229. The van der Waals surface area contributed by atoms with Crippen LogP contribution in [0.5, 0.6) is 0 Å². The van der Waals surface area contributed by atoms with Crippen LogP contribution in [0.2, 0.25) is 0 Å². The normalized spacial score (nSPS) is 15.9. The molecule has 112 valence electrons. The van der Waals surface area contributed by atoms with Gasteiger partial charge >= 0.3 is 0 Å². The number of aliphatic hydroxyl groups is 4. The van der Waals surface area contributed by atoms with Crippen LogP contribution in [0.1, 0.15) is 24.5 Å². The summed E-state index contributed by atoms with van der Waals surface area (Å²) in [5, 5.41) is 48.3. The standard InChI is InChI=1S/C9H15N3O5.2H2O/c1-4(12-17)9-10-2-5(11-9)7(15)8(16)6(14)3-13;;/h2,6-8,13-17H,3H2,1H3,(H,10,11);2*1H2/t6-,7-,8-;;/m1../s1. The third-order valence-corrected chi connectivity index (χ3v) is 2.30. The quantitative estimate of drug-likeness (QED) is 0.185. The smallest absolute Gasteiger partial charge is 0.155 e. The van der Waals surface area contributed by atoms with Crippen molar-refractivity contribution in [1.29, 1.82) is 0 Å². The molecule has 1 aromatic rings. The lowest BCUT2D eigenvalue weighted by atomic mass is 10.1. The minimum absolute atomic E-state index is 0. The third-order valence-electron chi connectivity index (χ3n) is 2.30. The van der Waals surface area contributed by atoms with E-state index in [1.54, 1.807) is 0 Å². The maximum atomic E-state index is 9.65. The summed E-state index contributed by atoms with van der Waals surface area (Å²) < 4.78 is 0. The van der Waals surface area contributed by atoms with Gasteiger partial charge in [0.15, 0.2) is 5.82 Å². The first-order valence-corrected chi connectivity index (χ1v) is 4.90. The van der Waals surface area contributed by atoms with Gasteiger partial charge in [0.2, 0.25) is 0 Å². The average Bonchev–Trinajstić information content (AvgIpc) is 2.84. The van der Waals surface area contributed by atoms with E-state index < -0.39 is 24.9 Å². The van der Waals surface area contributed by atoms with Gasteiger partial charge in [-0.2, -0.15) is 0 Å². The van der Waals surface area contributed by atoms with Crippen molar-refractivity contribution < 1.29 is 36.6 Å². The SMILES string of the molecule is CC(=NO)c1nc([C@@H](O)[C@H](O)[C@H](O)CO)c[nH]1.O.O. The molecule has 0 unspecified atom stereocenters. The van der Waals surface area contributed by atoms with Gasteiger partial charge in [-0.05, 0) is 6.92 Å². The van der Waals surface area contributed by atoms with Crippen LogP contribution < -0.4 is 0 Å². The summed E-state index contributed by atoms with van der Waals surface area (Å²) in [6.45, 7) is 0.820. The highest BCUT2D eigenvalue weighted by Crippen LogP contribution is 2.17. The Bertz CT molecular complexity index is 395. The van der Waals surface area contributed by atoms with Gasteiger partial charge in [0.1, 0.15) is 24.0 Å². The highest BCUT2D eigenvalue weighted by atomic mass is 16.4. The van der Waals surface area contributed by atoms with E-state index in [1.165, 1.54) is 13.1 Å². The van der Waals surface area contributed by atoms with E-state index in [4.69, 9.17) is 15.4 Å². The second-order valence-corrected chi connectivity index (χ2v) is 3.54. The molecule has 1 aromatic heterocycles. The number of aromatic nitrogens is 2. The van der Waals surface area contributed by atoms with Gasteiger partial charge < -0.3 is 41.6 Å². The molecule has 0 bridgehead atoms. The molecule has 3 atom stereocenters. The summed E-state index contributed by atoms with van der Waals surface area (Å²) in [6, 6.07) is 0. The van der Waals surface area contributed by atoms with Gasteiger partial charge in [-0.1, -0.05) is 5.16 Å². The molecule has 0 spiro atoms. The van der Waals surface area contributed by atoms with Crippen molar-refractivity contribution in [2.45, 2.75) is 25.2 Å². The lowest BCUT2D eigenvalue weighted by Crippen LogP contribution is -2.34. The summed E-state index contributed by atoms with van der Waals surface area (Å²) in [4.78, 5) is 6.50. The van der Waals surface area contributed by atoms with E-state index in [0.29, 0.717) is 0 Å². The van der Waals surface area contributed by atoms with E-state index in [9.17, 15) is 10.2 Å². The Morgan fingerprint density at radius 3 is 2.42 bits per heavy atom.